The quantitative estimate of drug-likeness (QED) is 0.709. The zero-order chi connectivity index (χ0) is 10.4. The molecule has 0 aliphatic heterocycles. The molecular weight excluding hydrogens is 194 g/mol. The topological polar surface area (TPSA) is 32.3 Å². The molecule has 0 aromatic carbocycles. The van der Waals surface area contributed by atoms with Crippen LogP contribution in [-0.4, -0.2) is 23.8 Å². The van der Waals surface area contributed by atoms with Gasteiger partial charge in [-0.2, -0.15) is 0 Å². The monoisotopic (exact) mass is 213 g/mol. The summed E-state index contributed by atoms with van der Waals surface area (Å²) in [6.07, 6.45) is 1.89. The molecule has 0 saturated carbocycles. The molecule has 1 rings (SSSR count). The molecule has 2 N–H and O–H groups in total. The molecule has 0 spiro atoms. The summed E-state index contributed by atoms with van der Waals surface area (Å²) in [6.45, 7) is 5.56. The zero-order valence-corrected chi connectivity index (χ0v) is 9.73. The molecule has 0 amide bonds. The lowest BCUT2D eigenvalue weighted by atomic mass is 10.1. The molecule has 2 nitrogen and oxygen atoms in total. The summed E-state index contributed by atoms with van der Waals surface area (Å²) in [6, 6.07) is 4.24. The average Bonchev–Trinajstić information content (AvgIpc) is 2.54. The summed E-state index contributed by atoms with van der Waals surface area (Å²) in [5.74, 6) is 0. The minimum absolute atomic E-state index is 0.546. The maximum Gasteiger partial charge on any atom is 0.0603 e. The Kier molecular flexibility index (Phi) is 4.58. The molecule has 1 aromatic heterocycles. The maximum atomic E-state index is 9.46. The summed E-state index contributed by atoms with van der Waals surface area (Å²) in [5, 5.41) is 14.9. The van der Waals surface area contributed by atoms with Crippen molar-refractivity contribution in [2.75, 3.05) is 13.1 Å². The minimum Gasteiger partial charge on any atom is -0.390 e. The highest BCUT2D eigenvalue weighted by Gasteiger charge is 2.10. The summed E-state index contributed by atoms with van der Waals surface area (Å²) in [5.41, 5.74) is -0.546. The van der Waals surface area contributed by atoms with Crippen LogP contribution in [0.5, 0.6) is 0 Å². The van der Waals surface area contributed by atoms with Crippen LogP contribution in [0.2, 0.25) is 0 Å². The van der Waals surface area contributed by atoms with E-state index in [1.165, 1.54) is 4.88 Å². The van der Waals surface area contributed by atoms with E-state index in [0.717, 1.165) is 25.9 Å². The van der Waals surface area contributed by atoms with Crippen LogP contribution >= 0.6 is 11.3 Å². The maximum absolute atomic E-state index is 9.46. The van der Waals surface area contributed by atoms with Crippen LogP contribution in [0.15, 0.2) is 17.5 Å². The Balaban J connectivity index is 2.00. The third-order valence-electron chi connectivity index (χ3n) is 2.04. The van der Waals surface area contributed by atoms with E-state index in [0.29, 0.717) is 0 Å². The molecule has 0 radical (unpaired) electrons. The van der Waals surface area contributed by atoms with E-state index in [2.05, 4.69) is 22.8 Å². The Morgan fingerprint density at radius 3 is 2.79 bits per heavy atom. The van der Waals surface area contributed by atoms with Crippen molar-refractivity contribution < 1.29 is 5.11 Å². The van der Waals surface area contributed by atoms with E-state index in [9.17, 15) is 5.11 Å². The van der Waals surface area contributed by atoms with Crippen molar-refractivity contribution in [3.05, 3.63) is 22.4 Å². The molecule has 1 heterocycles. The van der Waals surface area contributed by atoms with Gasteiger partial charge in [-0.1, -0.05) is 6.07 Å². The summed E-state index contributed by atoms with van der Waals surface area (Å²) < 4.78 is 0. The average molecular weight is 213 g/mol. The van der Waals surface area contributed by atoms with Gasteiger partial charge in [-0.3, -0.25) is 0 Å². The van der Waals surface area contributed by atoms with Crippen molar-refractivity contribution in [2.24, 2.45) is 0 Å². The Morgan fingerprint density at radius 1 is 1.43 bits per heavy atom. The van der Waals surface area contributed by atoms with Crippen LogP contribution in [0.3, 0.4) is 0 Å². The molecule has 0 fully saturated rings. The fraction of sp³-hybridized carbons (Fsp3) is 0.636. The molecule has 0 unspecified atom stereocenters. The predicted octanol–water partition coefficient (Wildman–Crippen LogP) is 2.04. The van der Waals surface area contributed by atoms with Gasteiger partial charge in [0.15, 0.2) is 0 Å². The molecule has 0 bridgehead atoms. The van der Waals surface area contributed by atoms with Crippen LogP contribution in [0.25, 0.3) is 0 Å². The number of hydrogen-bond acceptors (Lipinski definition) is 3. The van der Waals surface area contributed by atoms with Gasteiger partial charge in [0.2, 0.25) is 0 Å². The first-order valence-electron chi connectivity index (χ1n) is 5.03. The number of hydrogen-bond donors (Lipinski definition) is 2. The van der Waals surface area contributed by atoms with E-state index in [-0.39, 0.29) is 0 Å². The van der Waals surface area contributed by atoms with Crippen LogP contribution in [0.1, 0.15) is 25.1 Å². The molecule has 0 aliphatic rings. The molecule has 0 aliphatic carbocycles. The lowest BCUT2D eigenvalue weighted by Crippen LogP contribution is -2.27. The third-order valence-corrected chi connectivity index (χ3v) is 2.98. The first kappa shape index (κ1) is 11.7. The Hall–Kier alpha value is -0.380. The first-order chi connectivity index (χ1) is 6.58. The molecule has 0 saturated heterocycles. The van der Waals surface area contributed by atoms with E-state index in [1.807, 2.05) is 13.8 Å². The van der Waals surface area contributed by atoms with E-state index in [1.54, 1.807) is 11.3 Å². The summed E-state index contributed by atoms with van der Waals surface area (Å²) in [7, 11) is 0. The molecule has 1 aromatic rings. The van der Waals surface area contributed by atoms with Crippen molar-refractivity contribution >= 4 is 11.3 Å². The van der Waals surface area contributed by atoms with Gasteiger partial charge < -0.3 is 10.4 Å². The highest BCUT2D eigenvalue weighted by atomic mass is 32.1. The normalized spacial score (nSPS) is 11.9. The highest BCUT2D eigenvalue weighted by molar-refractivity contribution is 7.09. The van der Waals surface area contributed by atoms with Gasteiger partial charge in [0.25, 0.3) is 0 Å². The fourth-order valence-electron chi connectivity index (χ4n) is 1.19. The van der Waals surface area contributed by atoms with Crippen LogP contribution in [-0.2, 0) is 6.42 Å². The Morgan fingerprint density at radius 2 is 2.21 bits per heavy atom. The molecule has 80 valence electrons. The van der Waals surface area contributed by atoms with Crippen molar-refractivity contribution in [3.63, 3.8) is 0 Å². The van der Waals surface area contributed by atoms with Crippen LogP contribution in [0, 0.1) is 0 Å². The fourth-order valence-corrected chi connectivity index (χ4v) is 1.89. The summed E-state index contributed by atoms with van der Waals surface area (Å²) >= 11 is 1.80. The van der Waals surface area contributed by atoms with E-state index in [4.69, 9.17) is 0 Å². The van der Waals surface area contributed by atoms with Crippen molar-refractivity contribution in [3.8, 4) is 0 Å². The molecule has 0 atom stereocenters. The Bertz CT molecular complexity index is 238. The van der Waals surface area contributed by atoms with Gasteiger partial charge in [0.1, 0.15) is 0 Å². The first-order valence-corrected chi connectivity index (χ1v) is 5.91. The van der Waals surface area contributed by atoms with E-state index < -0.39 is 5.60 Å². The predicted molar refractivity (Wildman–Crippen MR) is 61.8 cm³/mol. The summed E-state index contributed by atoms with van der Waals surface area (Å²) in [4.78, 5) is 1.42. The minimum atomic E-state index is -0.546. The third kappa shape index (κ3) is 5.37. The van der Waals surface area contributed by atoms with Gasteiger partial charge >= 0.3 is 0 Å². The van der Waals surface area contributed by atoms with Crippen molar-refractivity contribution in [1.29, 1.82) is 0 Å². The number of rotatable bonds is 6. The molecule has 3 heteroatoms. The lowest BCUT2D eigenvalue weighted by Gasteiger charge is -2.16. The van der Waals surface area contributed by atoms with Gasteiger partial charge in [-0.25, -0.2) is 0 Å². The number of nitrogens with one attached hydrogen (secondary N) is 1. The van der Waals surface area contributed by atoms with Gasteiger partial charge in [0.05, 0.1) is 5.60 Å². The van der Waals surface area contributed by atoms with Gasteiger partial charge in [-0.15, -0.1) is 11.3 Å². The molecular formula is C11H19NOS. The van der Waals surface area contributed by atoms with Crippen molar-refractivity contribution in [2.45, 2.75) is 32.3 Å². The molecule has 14 heavy (non-hydrogen) atoms. The largest absolute Gasteiger partial charge is 0.390 e. The second kappa shape index (κ2) is 5.49. The van der Waals surface area contributed by atoms with Crippen molar-refractivity contribution in [1.82, 2.24) is 5.32 Å². The zero-order valence-electron chi connectivity index (χ0n) is 8.92. The SMILES string of the molecule is CC(C)(O)CCNCCc1cccs1. The van der Waals surface area contributed by atoms with Crippen LogP contribution in [0.4, 0.5) is 0 Å². The van der Waals surface area contributed by atoms with Gasteiger partial charge in [-0.05, 0) is 51.2 Å². The number of aliphatic hydroxyl groups is 1. The van der Waals surface area contributed by atoms with Gasteiger partial charge in [0, 0.05) is 4.88 Å². The smallest absolute Gasteiger partial charge is 0.0603 e. The lowest BCUT2D eigenvalue weighted by molar-refractivity contribution is 0.0713. The van der Waals surface area contributed by atoms with E-state index >= 15 is 0 Å². The highest BCUT2D eigenvalue weighted by Crippen LogP contribution is 2.08. The standard InChI is InChI=1S/C11H19NOS/c1-11(2,13)6-8-12-7-5-10-4-3-9-14-10/h3-4,9,12-13H,5-8H2,1-2H3. The number of thiophene rings is 1. The Labute approximate surface area is 90.0 Å². The second-order valence-electron chi connectivity index (χ2n) is 4.14. The second-order valence-corrected chi connectivity index (χ2v) is 5.17. The van der Waals surface area contributed by atoms with Crippen LogP contribution < -0.4 is 5.32 Å².